The molecule has 0 aliphatic carbocycles. The van der Waals surface area contributed by atoms with Crippen molar-refractivity contribution in [1.29, 1.82) is 0 Å². The van der Waals surface area contributed by atoms with Crippen molar-refractivity contribution < 1.29 is 19.2 Å². The fourth-order valence-electron chi connectivity index (χ4n) is 3.35. The summed E-state index contributed by atoms with van der Waals surface area (Å²) in [6.45, 7) is 1.05. The molecule has 0 bridgehead atoms. The third-order valence-electron chi connectivity index (χ3n) is 4.87. The van der Waals surface area contributed by atoms with E-state index in [1.54, 1.807) is 34.1 Å². The molecule has 0 spiro atoms. The topological polar surface area (TPSA) is 104 Å². The number of aromatic nitrogens is 2. The fraction of sp³-hybridized carbons (Fsp3) is 0.263. The van der Waals surface area contributed by atoms with Gasteiger partial charge in [0.05, 0.1) is 17.3 Å². The van der Waals surface area contributed by atoms with Crippen LogP contribution in [0.1, 0.15) is 31.2 Å². The molecule has 9 heteroatoms. The third-order valence-corrected chi connectivity index (χ3v) is 4.87. The number of rotatable bonds is 3. The van der Waals surface area contributed by atoms with Crippen LogP contribution < -0.4 is 0 Å². The maximum Gasteiger partial charge on any atom is 0.274 e. The van der Waals surface area contributed by atoms with E-state index in [1.807, 2.05) is 0 Å². The summed E-state index contributed by atoms with van der Waals surface area (Å²) in [5, 5.41) is 0. The summed E-state index contributed by atoms with van der Waals surface area (Å²) in [6.07, 6.45) is 4.35. The van der Waals surface area contributed by atoms with E-state index in [2.05, 4.69) is 9.97 Å². The molecular formula is C19H17N5O4. The molecule has 0 radical (unpaired) electrons. The zero-order valence-electron chi connectivity index (χ0n) is 14.9. The highest BCUT2D eigenvalue weighted by atomic mass is 16.2. The first kappa shape index (κ1) is 17.8. The second-order valence-electron chi connectivity index (χ2n) is 6.51. The molecule has 3 heterocycles. The number of amides is 4. The van der Waals surface area contributed by atoms with Gasteiger partial charge in [0.15, 0.2) is 0 Å². The summed E-state index contributed by atoms with van der Waals surface area (Å²) in [6, 6.07) is 6.53. The predicted octanol–water partition coefficient (Wildman–Crippen LogP) is 0.0572. The molecule has 4 rings (SSSR count). The number of carbonyl (C=O) groups is 4. The molecule has 0 N–H and O–H groups in total. The number of nitrogens with zero attached hydrogens (tertiary/aromatic N) is 5. The summed E-state index contributed by atoms with van der Waals surface area (Å²) in [7, 11) is 0. The SMILES string of the molecule is O=C(CN1C(=O)c2ccccc2C1=O)N1CCN(C(=O)c2cnccn2)CC1. The van der Waals surface area contributed by atoms with Crippen molar-refractivity contribution in [3.05, 3.63) is 59.7 Å². The van der Waals surface area contributed by atoms with E-state index >= 15 is 0 Å². The van der Waals surface area contributed by atoms with Crippen molar-refractivity contribution >= 4 is 23.6 Å². The Morgan fingerprint density at radius 2 is 1.50 bits per heavy atom. The van der Waals surface area contributed by atoms with E-state index in [0.29, 0.717) is 37.3 Å². The highest BCUT2D eigenvalue weighted by Crippen LogP contribution is 2.22. The van der Waals surface area contributed by atoms with Crippen molar-refractivity contribution in [1.82, 2.24) is 24.7 Å². The molecule has 0 unspecified atom stereocenters. The zero-order valence-corrected chi connectivity index (χ0v) is 14.9. The lowest BCUT2D eigenvalue weighted by Crippen LogP contribution is -2.53. The number of fused-ring (bicyclic) bond motifs is 1. The van der Waals surface area contributed by atoms with Crippen LogP contribution in [0.2, 0.25) is 0 Å². The summed E-state index contributed by atoms with van der Waals surface area (Å²) >= 11 is 0. The van der Waals surface area contributed by atoms with E-state index in [4.69, 9.17) is 0 Å². The summed E-state index contributed by atoms with van der Waals surface area (Å²) in [5.41, 5.74) is 0.896. The van der Waals surface area contributed by atoms with Crippen LogP contribution in [0.25, 0.3) is 0 Å². The first-order chi connectivity index (χ1) is 13.6. The quantitative estimate of drug-likeness (QED) is 0.699. The number of imide groups is 1. The minimum Gasteiger partial charge on any atom is -0.338 e. The normalized spacial score (nSPS) is 16.4. The molecule has 1 aromatic carbocycles. The monoisotopic (exact) mass is 379 g/mol. The second-order valence-corrected chi connectivity index (χ2v) is 6.51. The number of hydrogen-bond donors (Lipinski definition) is 0. The second kappa shape index (κ2) is 7.18. The van der Waals surface area contributed by atoms with Crippen LogP contribution in [0.4, 0.5) is 0 Å². The van der Waals surface area contributed by atoms with Gasteiger partial charge in [0.2, 0.25) is 5.91 Å². The standard InChI is InChI=1S/C19H17N5O4/c25-16(12-24-17(26)13-3-1-2-4-14(13)18(24)27)22-7-9-23(10-8-22)19(28)15-11-20-5-6-21-15/h1-6,11H,7-10,12H2. The van der Waals surface area contributed by atoms with Crippen LogP contribution in [-0.4, -0.2) is 81.0 Å². The summed E-state index contributed by atoms with van der Waals surface area (Å²) in [5.74, 6) is -1.46. The van der Waals surface area contributed by atoms with E-state index in [1.165, 1.54) is 18.6 Å². The van der Waals surface area contributed by atoms with E-state index in [-0.39, 0.29) is 24.1 Å². The lowest BCUT2D eigenvalue weighted by Gasteiger charge is -2.35. The van der Waals surface area contributed by atoms with Crippen molar-refractivity contribution in [3.8, 4) is 0 Å². The Balaban J connectivity index is 1.36. The molecule has 2 aromatic rings. The van der Waals surface area contributed by atoms with Crippen LogP contribution in [0.5, 0.6) is 0 Å². The molecule has 28 heavy (non-hydrogen) atoms. The van der Waals surface area contributed by atoms with Crippen LogP contribution in [-0.2, 0) is 4.79 Å². The minimum atomic E-state index is -0.453. The molecule has 2 aliphatic rings. The summed E-state index contributed by atoms with van der Waals surface area (Å²) in [4.78, 5) is 61.8. The smallest absolute Gasteiger partial charge is 0.274 e. The number of hydrogen-bond acceptors (Lipinski definition) is 6. The van der Waals surface area contributed by atoms with Crippen LogP contribution in [0.3, 0.4) is 0 Å². The van der Waals surface area contributed by atoms with Gasteiger partial charge in [0.1, 0.15) is 12.2 Å². The average molecular weight is 379 g/mol. The highest BCUT2D eigenvalue weighted by molar-refractivity contribution is 6.22. The predicted molar refractivity (Wildman–Crippen MR) is 96.3 cm³/mol. The van der Waals surface area contributed by atoms with Gasteiger partial charge in [-0.2, -0.15) is 0 Å². The summed E-state index contributed by atoms with van der Waals surface area (Å²) < 4.78 is 0. The van der Waals surface area contributed by atoms with Gasteiger partial charge in [-0.15, -0.1) is 0 Å². The molecule has 1 aromatic heterocycles. The lowest BCUT2D eigenvalue weighted by atomic mass is 10.1. The minimum absolute atomic E-state index is 0.236. The number of benzene rings is 1. The Bertz CT molecular complexity index is 919. The van der Waals surface area contributed by atoms with E-state index in [9.17, 15) is 19.2 Å². The molecular weight excluding hydrogens is 362 g/mol. The van der Waals surface area contributed by atoms with Crippen molar-refractivity contribution in [2.45, 2.75) is 0 Å². The van der Waals surface area contributed by atoms with Crippen molar-refractivity contribution in [2.24, 2.45) is 0 Å². The Morgan fingerprint density at radius 3 is 2.07 bits per heavy atom. The van der Waals surface area contributed by atoms with Gasteiger partial charge < -0.3 is 9.80 Å². The zero-order chi connectivity index (χ0) is 19.7. The molecule has 2 aliphatic heterocycles. The Hall–Kier alpha value is -3.62. The molecule has 4 amide bonds. The molecule has 1 fully saturated rings. The van der Waals surface area contributed by atoms with Gasteiger partial charge in [0.25, 0.3) is 17.7 Å². The fourth-order valence-corrected chi connectivity index (χ4v) is 3.35. The van der Waals surface area contributed by atoms with Crippen molar-refractivity contribution in [2.75, 3.05) is 32.7 Å². The van der Waals surface area contributed by atoms with E-state index < -0.39 is 11.8 Å². The first-order valence-electron chi connectivity index (χ1n) is 8.84. The van der Waals surface area contributed by atoms with Gasteiger partial charge >= 0.3 is 0 Å². The third kappa shape index (κ3) is 3.11. The first-order valence-corrected chi connectivity index (χ1v) is 8.84. The van der Waals surface area contributed by atoms with Crippen molar-refractivity contribution in [3.63, 3.8) is 0 Å². The van der Waals surface area contributed by atoms with Gasteiger partial charge in [-0.25, -0.2) is 4.98 Å². The Labute approximate surface area is 160 Å². The number of carbonyl (C=O) groups excluding carboxylic acids is 4. The Morgan fingerprint density at radius 1 is 0.893 bits per heavy atom. The molecule has 1 saturated heterocycles. The van der Waals surface area contributed by atoms with Gasteiger partial charge in [-0.1, -0.05) is 12.1 Å². The number of piperazine rings is 1. The van der Waals surface area contributed by atoms with Gasteiger partial charge in [-0.3, -0.25) is 29.1 Å². The maximum absolute atomic E-state index is 12.6. The average Bonchev–Trinajstić information content (AvgIpc) is 2.99. The Kier molecular flexibility index (Phi) is 4.56. The molecule has 0 atom stereocenters. The molecule has 142 valence electrons. The van der Waals surface area contributed by atoms with E-state index in [0.717, 1.165) is 4.90 Å². The van der Waals surface area contributed by atoms with Gasteiger partial charge in [-0.05, 0) is 12.1 Å². The highest BCUT2D eigenvalue weighted by Gasteiger charge is 2.37. The van der Waals surface area contributed by atoms with Crippen LogP contribution in [0.15, 0.2) is 42.9 Å². The van der Waals surface area contributed by atoms with Crippen LogP contribution in [0, 0.1) is 0 Å². The molecule has 9 nitrogen and oxygen atoms in total. The lowest BCUT2D eigenvalue weighted by molar-refractivity contribution is -0.132. The maximum atomic E-state index is 12.6. The molecule has 0 saturated carbocycles. The largest absolute Gasteiger partial charge is 0.338 e. The van der Waals surface area contributed by atoms with Crippen LogP contribution >= 0.6 is 0 Å². The van der Waals surface area contributed by atoms with Gasteiger partial charge in [0, 0.05) is 38.6 Å².